The molecule has 0 atom stereocenters. The van der Waals surface area contributed by atoms with Gasteiger partial charge in [0.15, 0.2) is 0 Å². The zero-order chi connectivity index (χ0) is 11.3. The number of hydrogen-bond donors (Lipinski definition) is 1. The average molecular weight is 211 g/mol. The van der Waals surface area contributed by atoms with Gasteiger partial charge >= 0.3 is 0 Å². The van der Waals surface area contributed by atoms with E-state index < -0.39 is 0 Å². The van der Waals surface area contributed by atoms with Crippen molar-refractivity contribution in [3.8, 4) is 0 Å². The van der Waals surface area contributed by atoms with Crippen molar-refractivity contribution in [3.63, 3.8) is 0 Å². The first kappa shape index (κ1) is 11.7. The van der Waals surface area contributed by atoms with Crippen LogP contribution in [0.15, 0.2) is 12.4 Å². The lowest BCUT2D eigenvalue weighted by molar-refractivity contribution is -0.130. The van der Waals surface area contributed by atoms with Crippen molar-refractivity contribution < 1.29 is 9.90 Å². The van der Waals surface area contributed by atoms with Gasteiger partial charge in [0.05, 0.1) is 6.20 Å². The number of aryl methyl sites for hydroxylation is 1. The molecule has 0 saturated carbocycles. The van der Waals surface area contributed by atoms with E-state index in [0.29, 0.717) is 19.4 Å². The van der Waals surface area contributed by atoms with Gasteiger partial charge in [-0.3, -0.25) is 9.48 Å². The summed E-state index contributed by atoms with van der Waals surface area (Å²) in [4.78, 5) is 13.1. The number of rotatable bonds is 5. The van der Waals surface area contributed by atoms with Crippen LogP contribution in [0.25, 0.3) is 0 Å². The lowest BCUT2D eigenvalue weighted by atomic mass is 10.2. The van der Waals surface area contributed by atoms with E-state index in [0.717, 1.165) is 5.56 Å². The second-order valence-corrected chi connectivity index (χ2v) is 3.60. The van der Waals surface area contributed by atoms with Gasteiger partial charge in [0, 0.05) is 45.4 Å². The van der Waals surface area contributed by atoms with Crippen LogP contribution in [0.5, 0.6) is 0 Å². The highest BCUT2D eigenvalue weighted by atomic mass is 16.3. The molecule has 0 aromatic carbocycles. The number of aliphatic hydroxyl groups excluding tert-OH is 1. The van der Waals surface area contributed by atoms with E-state index in [-0.39, 0.29) is 12.5 Å². The smallest absolute Gasteiger partial charge is 0.222 e. The minimum atomic E-state index is 0.0490. The van der Waals surface area contributed by atoms with Crippen LogP contribution < -0.4 is 0 Å². The third kappa shape index (κ3) is 3.71. The van der Waals surface area contributed by atoms with Crippen molar-refractivity contribution in [1.29, 1.82) is 0 Å². The van der Waals surface area contributed by atoms with E-state index in [2.05, 4.69) is 5.10 Å². The maximum Gasteiger partial charge on any atom is 0.222 e. The predicted molar refractivity (Wildman–Crippen MR) is 56.0 cm³/mol. The van der Waals surface area contributed by atoms with Crippen molar-refractivity contribution in [2.24, 2.45) is 7.05 Å². The highest BCUT2D eigenvalue weighted by Crippen LogP contribution is 2.03. The lowest BCUT2D eigenvalue weighted by Gasteiger charge is -2.15. The quantitative estimate of drug-likeness (QED) is 0.754. The summed E-state index contributed by atoms with van der Waals surface area (Å²) in [5.41, 5.74) is 1.01. The molecule has 0 aliphatic heterocycles. The molecule has 1 rings (SSSR count). The van der Waals surface area contributed by atoms with Crippen molar-refractivity contribution in [2.75, 3.05) is 13.7 Å². The van der Waals surface area contributed by atoms with Crippen molar-refractivity contribution in [1.82, 2.24) is 14.7 Å². The second kappa shape index (κ2) is 5.50. The van der Waals surface area contributed by atoms with Crippen LogP contribution in [0.4, 0.5) is 0 Å². The van der Waals surface area contributed by atoms with E-state index in [9.17, 15) is 4.79 Å². The minimum Gasteiger partial charge on any atom is -0.396 e. The first-order chi connectivity index (χ1) is 7.13. The number of carbonyl (C=O) groups is 1. The van der Waals surface area contributed by atoms with Crippen LogP contribution in [0.2, 0.25) is 0 Å². The maximum atomic E-state index is 11.5. The zero-order valence-electron chi connectivity index (χ0n) is 9.18. The zero-order valence-corrected chi connectivity index (χ0v) is 9.18. The molecular formula is C10H17N3O2. The molecule has 0 aliphatic rings. The summed E-state index contributed by atoms with van der Waals surface area (Å²) in [7, 11) is 3.60. The summed E-state index contributed by atoms with van der Waals surface area (Å²) in [5, 5.41) is 12.6. The Kier molecular flexibility index (Phi) is 4.30. The van der Waals surface area contributed by atoms with Crippen LogP contribution in [0.3, 0.4) is 0 Å². The van der Waals surface area contributed by atoms with Gasteiger partial charge in [-0.1, -0.05) is 0 Å². The van der Waals surface area contributed by atoms with Crippen LogP contribution in [0.1, 0.15) is 18.4 Å². The van der Waals surface area contributed by atoms with E-state index in [1.54, 1.807) is 22.8 Å². The third-order valence-corrected chi connectivity index (χ3v) is 2.15. The molecule has 1 aromatic heterocycles. The molecule has 84 valence electrons. The molecule has 0 aliphatic carbocycles. The summed E-state index contributed by atoms with van der Waals surface area (Å²) in [6.45, 7) is 0.630. The summed E-state index contributed by atoms with van der Waals surface area (Å²) < 4.78 is 1.71. The van der Waals surface area contributed by atoms with E-state index >= 15 is 0 Å². The van der Waals surface area contributed by atoms with E-state index in [1.807, 2.05) is 13.2 Å². The summed E-state index contributed by atoms with van der Waals surface area (Å²) >= 11 is 0. The Bertz CT molecular complexity index is 322. The Morgan fingerprint density at radius 3 is 2.93 bits per heavy atom. The summed E-state index contributed by atoms with van der Waals surface area (Å²) in [5.74, 6) is 0.0490. The normalized spacial score (nSPS) is 10.3. The molecule has 1 heterocycles. The number of amides is 1. The van der Waals surface area contributed by atoms with Gasteiger partial charge in [-0.2, -0.15) is 5.10 Å². The molecule has 5 heteroatoms. The van der Waals surface area contributed by atoms with Gasteiger partial charge in [-0.25, -0.2) is 0 Å². The Hall–Kier alpha value is -1.36. The predicted octanol–water partition coefficient (Wildman–Crippen LogP) is 0.151. The Morgan fingerprint density at radius 1 is 1.67 bits per heavy atom. The maximum absolute atomic E-state index is 11.5. The molecule has 0 unspecified atom stereocenters. The fourth-order valence-corrected chi connectivity index (χ4v) is 1.34. The number of aliphatic hydroxyl groups is 1. The molecule has 0 bridgehead atoms. The average Bonchev–Trinajstić information content (AvgIpc) is 2.60. The fraction of sp³-hybridized carbons (Fsp3) is 0.600. The van der Waals surface area contributed by atoms with Crippen LogP contribution in [-0.4, -0.2) is 39.3 Å². The largest absolute Gasteiger partial charge is 0.396 e. The highest BCUT2D eigenvalue weighted by Gasteiger charge is 2.09. The molecule has 1 amide bonds. The van der Waals surface area contributed by atoms with Gasteiger partial charge in [-0.15, -0.1) is 0 Å². The summed E-state index contributed by atoms with van der Waals surface area (Å²) in [6, 6.07) is 0. The molecule has 1 aromatic rings. The summed E-state index contributed by atoms with van der Waals surface area (Å²) in [6.07, 6.45) is 4.55. The minimum absolute atomic E-state index is 0.0490. The second-order valence-electron chi connectivity index (χ2n) is 3.60. The Morgan fingerprint density at radius 2 is 2.40 bits per heavy atom. The third-order valence-electron chi connectivity index (χ3n) is 2.15. The molecule has 15 heavy (non-hydrogen) atoms. The van der Waals surface area contributed by atoms with Crippen LogP contribution in [-0.2, 0) is 18.4 Å². The Balaban J connectivity index is 2.41. The molecule has 0 saturated heterocycles. The van der Waals surface area contributed by atoms with Crippen molar-refractivity contribution >= 4 is 5.91 Å². The van der Waals surface area contributed by atoms with Gasteiger partial charge < -0.3 is 10.0 Å². The number of carbonyl (C=O) groups excluding carboxylic acids is 1. The monoisotopic (exact) mass is 211 g/mol. The first-order valence-corrected chi connectivity index (χ1v) is 4.96. The molecule has 1 N–H and O–H groups in total. The molecule has 0 fully saturated rings. The van der Waals surface area contributed by atoms with Gasteiger partial charge in [-0.05, 0) is 6.42 Å². The lowest BCUT2D eigenvalue weighted by Crippen LogP contribution is -2.25. The SMILES string of the molecule is CN(Cc1cnn(C)c1)C(=O)CCCO. The number of hydrogen-bond acceptors (Lipinski definition) is 3. The molecule has 0 radical (unpaired) electrons. The number of nitrogens with zero attached hydrogens (tertiary/aromatic N) is 3. The topological polar surface area (TPSA) is 58.4 Å². The van der Waals surface area contributed by atoms with Gasteiger partial charge in [0.25, 0.3) is 0 Å². The molecular weight excluding hydrogens is 194 g/mol. The van der Waals surface area contributed by atoms with Crippen LogP contribution in [0, 0.1) is 0 Å². The van der Waals surface area contributed by atoms with E-state index in [1.165, 1.54) is 0 Å². The van der Waals surface area contributed by atoms with Crippen LogP contribution >= 0.6 is 0 Å². The van der Waals surface area contributed by atoms with Crippen molar-refractivity contribution in [2.45, 2.75) is 19.4 Å². The molecule has 0 spiro atoms. The fourth-order valence-electron chi connectivity index (χ4n) is 1.34. The van der Waals surface area contributed by atoms with Gasteiger partial charge in [0.2, 0.25) is 5.91 Å². The molecule has 5 nitrogen and oxygen atoms in total. The van der Waals surface area contributed by atoms with E-state index in [4.69, 9.17) is 5.11 Å². The standard InChI is InChI=1S/C10H17N3O2/c1-12(10(15)4-3-5-14)7-9-6-11-13(2)8-9/h6,8,14H,3-5,7H2,1-2H3. The highest BCUT2D eigenvalue weighted by molar-refractivity contribution is 5.75. The first-order valence-electron chi connectivity index (χ1n) is 4.96. The number of aromatic nitrogens is 2. The van der Waals surface area contributed by atoms with Gasteiger partial charge in [0.1, 0.15) is 0 Å². The Labute approximate surface area is 89.3 Å². The van der Waals surface area contributed by atoms with Crippen molar-refractivity contribution in [3.05, 3.63) is 18.0 Å².